The van der Waals surface area contributed by atoms with Crippen molar-refractivity contribution in [1.82, 2.24) is 0 Å². The third-order valence-electron chi connectivity index (χ3n) is 5.76. The SMILES string of the molecule is Cc1cc2c(-c3ccccc3)cccc2[cH-]1.Fc1c(F)c(F)c([B]c2c(F)c(F)c(F)c(F)c2F)c(F)c1F.[Cl-].[Cl-].[Cl-].[Zr+4]. The first kappa shape index (κ1) is 40.6. The Morgan fingerprint density at radius 3 is 1.33 bits per heavy atom. The molecular weight excluding hydrogens is 735 g/mol. The summed E-state index contributed by atoms with van der Waals surface area (Å²) in [6.07, 6.45) is 0. The van der Waals surface area contributed by atoms with E-state index in [4.69, 9.17) is 0 Å². The molecule has 43 heavy (non-hydrogen) atoms. The fourth-order valence-electron chi connectivity index (χ4n) is 3.90. The molecule has 0 spiro atoms. The Hall–Kier alpha value is -2.39. The summed E-state index contributed by atoms with van der Waals surface area (Å²) in [5.74, 6) is -24.9. The number of aryl methyl sites for hydroxylation is 1. The third-order valence-corrected chi connectivity index (χ3v) is 5.76. The first-order valence-electron chi connectivity index (χ1n) is 11.0. The van der Waals surface area contributed by atoms with Gasteiger partial charge in [-0.3, -0.25) is 0 Å². The average Bonchev–Trinajstić information content (AvgIpc) is 3.33. The number of hydrogen-bond donors (Lipinski definition) is 0. The topological polar surface area (TPSA) is 0 Å². The molecular formula is C28H13BCl3F10Zr. The summed E-state index contributed by atoms with van der Waals surface area (Å²) in [7, 11) is -0.369. The van der Waals surface area contributed by atoms with Gasteiger partial charge in [0, 0.05) is 0 Å². The van der Waals surface area contributed by atoms with E-state index in [1.165, 1.54) is 27.5 Å². The summed E-state index contributed by atoms with van der Waals surface area (Å²) >= 11 is 0. The Balaban J connectivity index is 0.000000784. The van der Waals surface area contributed by atoms with Crippen LogP contribution >= 0.6 is 0 Å². The molecule has 0 atom stereocenters. The molecule has 5 aromatic rings. The molecule has 0 aliphatic carbocycles. The second kappa shape index (κ2) is 16.6. The first-order valence-corrected chi connectivity index (χ1v) is 11.0. The minimum Gasteiger partial charge on any atom is -1.00 e. The predicted molar refractivity (Wildman–Crippen MR) is 127 cm³/mol. The van der Waals surface area contributed by atoms with Crippen molar-refractivity contribution in [2.45, 2.75) is 6.92 Å². The van der Waals surface area contributed by atoms with Gasteiger partial charge in [0.2, 0.25) is 7.28 Å². The molecule has 0 bridgehead atoms. The molecule has 0 fully saturated rings. The van der Waals surface area contributed by atoms with Gasteiger partial charge in [-0.05, 0) is 16.5 Å². The van der Waals surface area contributed by atoms with Crippen LogP contribution in [0.4, 0.5) is 43.9 Å². The molecule has 0 unspecified atom stereocenters. The molecule has 5 aromatic carbocycles. The summed E-state index contributed by atoms with van der Waals surface area (Å²) in [5, 5.41) is 2.69. The third kappa shape index (κ3) is 8.01. The minimum atomic E-state index is -2.55. The van der Waals surface area contributed by atoms with Gasteiger partial charge < -0.3 is 37.2 Å². The molecule has 15 heteroatoms. The molecule has 5 rings (SSSR count). The second-order valence-electron chi connectivity index (χ2n) is 8.32. The van der Waals surface area contributed by atoms with E-state index in [9.17, 15) is 43.9 Å². The van der Waals surface area contributed by atoms with Gasteiger partial charge >= 0.3 is 26.2 Å². The van der Waals surface area contributed by atoms with E-state index in [1.807, 2.05) is 0 Å². The molecule has 0 amide bonds. The van der Waals surface area contributed by atoms with E-state index in [0.29, 0.717) is 0 Å². The Kier molecular flexibility index (Phi) is 15.7. The van der Waals surface area contributed by atoms with Crippen molar-refractivity contribution in [2.24, 2.45) is 0 Å². The molecule has 223 valence electrons. The van der Waals surface area contributed by atoms with Crippen LogP contribution in [-0.2, 0) is 26.2 Å². The van der Waals surface area contributed by atoms with Crippen LogP contribution in [0.25, 0.3) is 21.9 Å². The van der Waals surface area contributed by atoms with Gasteiger partial charge in [-0.15, -0.1) is 34.5 Å². The van der Waals surface area contributed by atoms with Crippen molar-refractivity contribution in [3.63, 3.8) is 0 Å². The average molecular weight is 748 g/mol. The van der Waals surface area contributed by atoms with Crippen LogP contribution in [-0.4, -0.2) is 7.28 Å². The zero-order chi connectivity index (χ0) is 28.6. The number of fused-ring (bicyclic) bond motifs is 1. The van der Waals surface area contributed by atoms with Gasteiger partial charge in [-0.2, -0.15) is 6.07 Å². The zero-order valence-electron chi connectivity index (χ0n) is 21.3. The van der Waals surface area contributed by atoms with Gasteiger partial charge in [0.05, 0.1) is 0 Å². The van der Waals surface area contributed by atoms with Crippen LogP contribution in [0.2, 0.25) is 0 Å². The van der Waals surface area contributed by atoms with Crippen molar-refractivity contribution < 1.29 is 107 Å². The van der Waals surface area contributed by atoms with Gasteiger partial charge in [0.15, 0.2) is 58.2 Å². The fraction of sp³-hybridized carbons (Fsp3) is 0.0357. The van der Waals surface area contributed by atoms with Gasteiger partial charge in [-0.1, -0.05) is 48.9 Å². The molecule has 0 saturated carbocycles. The number of benzene rings is 4. The van der Waals surface area contributed by atoms with Crippen LogP contribution in [0, 0.1) is 65.1 Å². The van der Waals surface area contributed by atoms with Crippen molar-refractivity contribution in [3.8, 4) is 11.1 Å². The number of halogens is 13. The predicted octanol–water partition coefficient (Wildman–Crippen LogP) is -1.72. The zero-order valence-corrected chi connectivity index (χ0v) is 26.0. The summed E-state index contributed by atoms with van der Waals surface area (Å²) < 4.78 is 131. The van der Waals surface area contributed by atoms with E-state index in [-0.39, 0.29) is 70.7 Å². The Morgan fingerprint density at radius 2 is 0.907 bits per heavy atom. The second-order valence-corrected chi connectivity index (χ2v) is 8.32. The maximum atomic E-state index is 13.4. The summed E-state index contributed by atoms with van der Waals surface area (Å²) in [6.45, 7) is 2.15. The van der Waals surface area contributed by atoms with Crippen LogP contribution in [0.5, 0.6) is 0 Å². The molecule has 0 aliphatic heterocycles. The minimum absolute atomic E-state index is 0. The maximum Gasteiger partial charge on any atom is 4.00 e. The maximum absolute atomic E-state index is 13.4. The smallest absolute Gasteiger partial charge is 1.00 e. The molecule has 0 nitrogen and oxygen atoms in total. The molecule has 0 aliphatic rings. The van der Waals surface area contributed by atoms with E-state index in [0.717, 1.165) is 0 Å². The van der Waals surface area contributed by atoms with Crippen molar-refractivity contribution in [2.75, 3.05) is 0 Å². The quantitative estimate of drug-likeness (QED) is 0.0679. The van der Waals surface area contributed by atoms with E-state index >= 15 is 0 Å². The number of hydrogen-bond acceptors (Lipinski definition) is 0. The van der Waals surface area contributed by atoms with Crippen LogP contribution < -0.4 is 48.1 Å². The molecule has 0 saturated heterocycles. The normalized spacial score (nSPS) is 9.93. The fourth-order valence-corrected chi connectivity index (χ4v) is 3.90. The summed E-state index contributed by atoms with van der Waals surface area (Å²) in [4.78, 5) is 0. The van der Waals surface area contributed by atoms with Gasteiger partial charge in [0.1, 0.15) is 0 Å². The van der Waals surface area contributed by atoms with E-state index < -0.39 is 69.1 Å². The Morgan fingerprint density at radius 1 is 0.512 bits per heavy atom. The van der Waals surface area contributed by atoms with Crippen molar-refractivity contribution in [3.05, 3.63) is 124 Å². The Bertz CT molecular complexity index is 1590. The van der Waals surface area contributed by atoms with E-state index in [1.54, 1.807) is 0 Å². The summed E-state index contributed by atoms with van der Waals surface area (Å²) in [5.41, 5.74) is 0.234. The largest absolute Gasteiger partial charge is 4.00 e. The molecule has 0 N–H and O–H groups in total. The van der Waals surface area contributed by atoms with Gasteiger partial charge in [0.25, 0.3) is 0 Å². The Labute approximate surface area is 277 Å². The van der Waals surface area contributed by atoms with Crippen molar-refractivity contribution >= 4 is 29.0 Å². The molecule has 0 heterocycles. The molecule has 0 aromatic heterocycles. The molecule has 1 radical (unpaired) electrons. The van der Waals surface area contributed by atoms with Crippen LogP contribution in [0.15, 0.2) is 60.7 Å². The summed E-state index contributed by atoms with van der Waals surface area (Å²) in [6, 6.07) is 21.6. The van der Waals surface area contributed by atoms with Crippen LogP contribution in [0.3, 0.4) is 0 Å². The van der Waals surface area contributed by atoms with Crippen molar-refractivity contribution in [1.29, 1.82) is 0 Å². The number of rotatable bonds is 3. The standard InChI is InChI=1S/C16H13.C12BF10.3ClH.Zr/c1-12-10-14-8-5-9-15(16(14)11-12)13-6-3-2-4-7-13;14-3-1(4(15)8(19)11(22)7(3)18)13-2-5(16)9(20)12(23)10(21)6(2)17;;;;/h2-11H,1H3;;3*1H;/q-1;;;;;+4/p-3. The van der Waals surface area contributed by atoms with Crippen LogP contribution in [0.1, 0.15) is 5.56 Å². The monoisotopic (exact) mass is 745 g/mol. The first-order chi connectivity index (χ1) is 18.4. The van der Waals surface area contributed by atoms with Gasteiger partial charge in [-0.25, -0.2) is 43.9 Å². The van der Waals surface area contributed by atoms with E-state index in [2.05, 4.69) is 67.6 Å².